The molecule has 2 aromatic rings. The summed E-state index contributed by atoms with van der Waals surface area (Å²) in [6, 6.07) is 9.21. The van der Waals surface area contributed by atoms with Gasteiger partial charge in [0, 0.05) is 32.3 Å². The van der Waals surface area contributed by atoms with Crippen molar-refractivity contribution >= 4 is 44.8 Å². The highest BCUT2D eigenvalue weighted by Crippen LogP contribution is 2.35. The molecule has 0 spiro atoms. The summed E-state index contributed by atoms with van der Waals surface area (Å²) in [5.41, 5.74) is 1.82. The van der Waals surface area contributed by atoms with Crippen LogP contribution in [0.4, 0.5) is 5.69 Å². The van der Waals surface area contributed by atoms with Crippen LogP contribution in [0.1, 0.15) is 12.5 Å². The van der Waals surface area contributed by atoms with Gasteiger partial charge in [-0.05, 0) is 37.3 Å². The maximum atomic E-state index is 6.01. The molecule has 22 heavy (non-hydrogen) atoms. The molecule has 0 bridgehead atoms. The molecule has 0 aliphatic carbocycles. The Kier molecular flexibility index (Phi) is 6.24. The molecule has 1 N–H and O–H groups in total. The van der Waals surface area contributed by atoms with Crippen LogP contribution in [0.3, 0.4) is 0 Å². The predicted octanol–water partition coefficient (Wildman–Crippen LogP) is 5.78. The maximum Gasteiger partial charge on any atom is 0.166 e. The molecule has 118 valence electrons. The molecule has 0 aromatic heterocycles. The number of hydrogen-bond donors (Lipinski definition) is 1. The van der Waals surface area contributed by atoms with Gasteiger partial charge in [0.05, 0.1) is 13.7 Å². The molecule has 2 aromatic carbocycles. The summed E-state index contributed by atoms with van der Waals surface area (Å²) in [7, 11) is 1.62. The molecule has 0 unspecified atom stereocenters. The van der Waals surface area contributed by atoms with Gasteiger partial charge in [-0.3, -0.25) is 0 Å². The molecule has 0 heterocycles. The maximum absolute atomic E-state index is 6.01. The van der Waals surface area contributed by atoms with Crippen molar-refractivity contribution in [1.82, 2.24) is 0 Å². The van der Waals surface area contributed by atoms with Crippen LogP contribution >= 0.6 is 39.1 Å². The van der Waals surface area contributed by atoms with Crippen LogP contribution in [-0.4, -0.2) is 13.7 Å². The number of benzene rings is 2. The Labute approximate surface area is 148 Å². The van der Waals surface area contributed by atoms with Crippen molar-refractivity contribution in [2.24, 2.45) is 0 Å². The minimum absolute atomic E-state index is 0.557. The highest BCUT2D eigenvalue weighted by atomic mass is 79.9. The van der Waals surface area contributed by atoms with E-state index in [1.807, 2.05) is 31.2 Å². The van der Waals surface area contributed by atoms with E-state index in [1.165, 1.54) is 0 Å². The highest BCUT2D eigenvalue weighted by Gasteiger charge is 2.12. The number of halogens is 3. The van der Waals surface area contributed by atoms with Crippen molar-refractivity contribution in [2.75, 3.05) is 19.0 Å². The minimum Gasteiger partial charge on any atom is -0.493 e. The van der Waals surface area contributed by atoms with E-state index >= 15 is 0 Å². The second-order valence-corrected chi connectivity index (χ2v) is 6.33. The fourth-order valence-electron chi connectivity index (χ4n) is 2.07. The lowest BCUT2D eigenvalue weighted by atomic mass is 10.1. The van der Waals surface area contributed by atoms with Gasteiger partial charge in [0.2, 0.25) is 0 Å². The van der Waals surface area contributed by atoms with E-state index in [-0.39, 0.29) is 0 Å². The van der Waals surface area contributed by atoms with Crippen LogP contribution in [0.5, 0.6) is 11.5 Å². The van der Waals surface area contributed by atoms with E-state index in [0.29, 0.717) is 28.9 Å². The molecule has 0 radical (unpaired) electrons. The number of nitrogens with one attached hydrogen (secondary N) is 1. The molecule has 3 nitrogen and oxygen atoms in total. The monoisotopic (exact) mass is 403 g/mol. The van der Waals surface area contributed by atoms with Crippen molar-refractivity contribution in [2.45, 2.75) is 13.5 Å². The average Bonchev–Trinajstić information content (AvgIpc) is 2.46. The first-order chi connectivity index (χ1) is 10.5. The smallest absolute Gasteiger partial charge is 0.166 e. The summed E-state index contributed by atoms with van der Waals surface area (Å²) < 4.78 is 12.0. The predicted molar refractivity (Wildman–Crippen MR) is 95.7 cm³/mol. The fraction of sp³-hybridized carbons (Fsp3) is 0.250. The lowest BCUT2D eigenvalue weighted by molar-refractivity contribution is 0.308. The molecule has 2 rings (SSSR count). The molecular weight excluding hydrogens is 389 g/mol. The third-order valence-electron chi connectivity index (χ3n) is 2.95. The Bertz CT molecular complexity index is 645. The molecule has 0 aliphatic heterocycles. The average molecular weight is 405 g/mol. The molecule has 0 saturated heterocycles. The summed E-state index contributed by atoms with van der Waals surface area (Å²) in [4.78, 5) is 0. The van der Waals surface area contributed by atoms with Crippen molar-refractivity contribution < 1.29 is 9.47 Å². The number of hydrogen-bond acceptors (Lipinski definition) is 3. The molecular formula is C16H16BrCl2NO2. The largest absolute Gasteiger partial charge is 0.493 e. The number of rotatable bonds is 6. The zero-order chi connectivity index (χ0) is 16.1. The van der Waals surface area contributed by atoms with Gasteiger partial charge in [-0.2, -0.15) is 0 Å². The van der Waals surface area contributed by atoms with Crippen LogP contribution < -0.4 is 14.8 Å². The quantitative estimate of drug-likeness (QED) is 0.662. The summed E-state index contributed by atoms with van der Waals surface area (Å²) in [5, 5.41) is 4.47. The molecule has 0 atom stereocenters. The van der Waals surface area contributed by atoms with Gasteiger partial charge >= 0.3 is 0 Å². The van der Waals surface area contributed by atoms with Crippen molar-refractivity contribution in [3.05, 3.63) is 50.4 Å². The van der Waals surface area contributed by atoms with Crippen molar-refractivity contribution in [1.29, 1.82) is 0 Å². The van der Waals surface area contributed by atoms with Crippen molar-refractivity contribution in [3.63, 3.8) is 0 Å². The molecule has 0 fully saturated rings. The lowest BCUT2D eigenvalue weighted by Crippen LogP contribution is -2.05. The van der Waals surface area contributed by atoms with Gasteiger partial charge in [0.15, 0.2) is 11.5 Å². The van der Waals surface area contributed by atoms with Gasteiger partial charge < -0.3 is 14.8 Å². The van der Waals surface area contributed by atoms with E-state index in [1.54, 1.807) is 13.2 Å². The third-order valence-corrected chi connectivity index (χ3v) is 3.84. The van der Waals surface area contributed by atoms with Gasteiger partial charge in [0.1, 0.15) is 0 Å². The van der Waals surface area contributed by atoms with Crippen LogP contribution in [0.25, 0.3) is 0 Å². The first kappa shape index (κ1) is 17.3. The SMILES string of the molecule is CCOc1c(CNc2cc(Cl)cc(Cl)c2)cc(Br)cc1OC. The van der Waals surface area contributed by atoms with Gasteiger partial charge in [-0.15, -0.1) is 0 Å². The fourth-order valence-corrected chi connectivity index (χ4v) is 3.08. The van der Waals surface area contributed by atoms with Crippen molar-refractivity contribution in [3.8, 4) is 11.5 Å². The van der Waals surface area contributed by atoms with Crippen LogP contribution in [0.2, 0.25) is 10.0 Å². The van der Waals surface area contributed by atoms with E-state index in [4.69, 9.17) is 32.7 Å². The minimum atomic E-state index is 0.557. The molecule has 6 heteroatoms. The topological polar surface area (TPSA) is 30.5 Å². The van der Waals surface area contributed by atoms with E-state index in [2.05, 4.69) is 21.2 Å². The Morgan fingerprint density at radius 1 is 1.09 bits per heavy atom. The van der Waals surface area contributed by atoms with Gasteiger partial charge in [-0.1, -0.05) is 39.1 Å². The summed E-state index contributed by atoms with van der Waals surface area (Å²) in [6.07, 6.45) is 0. The standard InChI is InChI=1S/C16H16BrCl2NO2/c1-3-22-16-10(4-11(17)5-15(16)21-2)9-20-14-7-12(18)6-13(19)8-14/h4-8,20H,3,9H2,1-2H3. The molecule has 0 amide bonds. The van der Waals surface area contributed by atoms with E-state index in [0.717, 1.165) is 21.5 Å². The molecule has 0 saturated carbocycles. The first-order valence-electron chi connectivity index (χ1n) is 6.72. The zero-order valence-electron chi connectivity index (χ0n) is 12.3. The summed E-state index contributed by atoms with van der Waals surface area (Å²) in [6.45, 7) is 3.06. The number of ether oxygens (including phenoxy) is 2. The van der Waals surface area contributed by atoms with Gasteiger partial charge in [0.25, 0.3) is 0 Å². The Morgan fingerprint density at radius 2 is 1.77 bits per heavy atom. The summed E-state index contributed by atoms with van der Waals surface area (Å²) in [5.74, 6) is 1.42. The third kappa shape index (κ3) is 4.45. The Hall–Kier alpha value is -1.10. The van der Waals surface area contributed by atoms with Gasteiger partial charge in [-0.25, -0.2) is 0 Å². The van der Waals surface area contributed by atoms with E-state index < -0.39 is 0 Å². The Morgan fingerprint density at radius 3 is 2.36 bits per heavy atom. The summed E-state index contributed by atoms with van der Waals surface area (Å²) >= 11 is 15.5. The second kappa shape index (κ2) is 7.95. The first-order valence-corrected chi connectivity index (χ1v) is 8.27. The van der Waals surface area contributed by atoms with Crippen LogP contribution in [0, 0.1) is 0 Å². The Balaban J connectivity index is 2.26. The highest BCUT2D eigenvalue weighted by molar-refractivity contribution is 9.10. The molecule has 0 aliphatic rings. The lowest BCUT2D eigenvalue weighted by Gasteiger charge is -2.16. The number of anilines is 1. The second-order valence-electron chi connectivity index (χ2n) is 4.54. The van der Waals surface area contributed by atoms with Crippen LogP contribution in [-0.2, 0) is 6.54 Å². The zero-order valence-corrected chi connectivity index (χ0v) is 15.3. The van der Waals surface area contributed by atoms with Crippen LogP contribution in [0.15, 0.2) is 34.8 Å². The normalized spacial score (nSPS) is 10.4. The van der Waals surface area contributed by atoms with E-state index in [9.17, 15) is 0 Å². The number of methoxy groups -OCH3 is 1.